The van der Waals surface area contributed by atoms with Crippen LogP contribution in [-0.2, 0) is 9.84 Å². The molecule has 2 heterocycles. The van der Waals surface area contributed by atoms with Crippen molar-refractivity contribution in [2.45, 2.75) is 32.2 Å². The van der Waals surface area contributed by atoms with E-state index in [0.717, 1.165) is 10.9 Å². The molecule has 1 aromatic heterocycles. The van der Waals surface area contributed by atoms with E-state index in [1.165, 1.54) is 5.56 Å². The molecule has 0 unspecified atom stereocenters. The third kappa shape index (κ3) is 3.02. The van der Waals surface area contributed by atoms with Crippen molar-refractivity contribution in [1.82, 2.24) is 10.3 Å². The monoisotopic (exact) mass is 320 g/mol. The molecule has 0 saturated carbocycles. The first-order valence-corrected chi connectivity index (χ1v) is 9.30. The van der Waals surface area contributed by atoms with E-state index in [1.807, 2.05) is 6.07 Å². The van der Waals surface area contributed by atoms with E-state index in [4.69, 9.17) is 0 Å². The van der Waals surface area contributed by atoms with E-state index < -0.39 is 9.84 Å². The van der Waals surface area contributed by atoms with Crippen molar-refractivity contribution in [3.63, 3.8) is 0 Å². The van der Waals surface area contributed by atoms with Crippen LogP contribution in [0.2, 0.25) is 0 Å². The number of aromatic nitrogens is 1. The van der Waals surface area contributed by atoms with Crippen molar-refractivity contribution in [2.75, 3.05) is 11.5 Å². The van der Waals surface area contributed by atoms with Gasteiger partial charge in [0, 0.05) is 16.9 Å². The first kappa shape index (κ1) is 15.1. The molecule has 118 valence electrons. The smallest absolute Gasteiger partial charge is 0.267 e. The van der Waals surface area contributed by atoms with E-state index in [0.29, 0.717) is 18.0 Å². The highest BCUT2D eigenvalue weighted by molar-refractivity contribution is 7.91. The van der Waals surface area contributed by atoms with Crippen molar-refractivity contribution in [1.29, 1.82) is 0 Å². The van der Waals surface area contributed by atoms with Crippen LogP contribution < -0.4 is 5.32 Å². The number of amides is 1. The molecule has 0 spiro atoms. The fourth-order valence-corrected chi connectivity index (χ4v) is 4.47. The predicted octanol–water partition coefficient (Wildman–Crippen LogP) is 2.21. The van der Waals surface area contributed by atoms with Crippen LogP contribution in [0.3, 0.4) is 0 Å². The molecule has 5 nitrogen and oxygen atoms in total. The van der Waals surface area contributed by atoms with Crippen LogP contribution in [-0.4, -0.2) is 36.9 Å². The summed E-state index contributed by atoms with van der Waals surface area (Å²) in [6, 6.07) is 7.63. The van der Waals surface area contributed by atoms with Crippen LogP contribution in [0.25, 0.3) is 10.9 Å². The van der Waals surface area contributed by atoms with Gasteiger partial charge in [0.1, 0.15) is 5.69 Å². The van der Waals surface area contributed by atoms with Crippen molar-refractivity contribution < 1.29 is 13.2 Å². The molecule has 2 aromatic rings. The third-order valence-electron chi connectivity index (χ3n) is 4.13. The van der Waals surface area contributed by atoms with Crippen LogP contribution >= 0.6 is 0 Å². The van der Waals surface area contributed by atoms with Crippen molar-refractivity contribution in [3.05, 3.63) is 35.5 Å². The van der Waals surface area contributed by atoms with Gasteiger partial charge in [0.25, 0.3) is 5.91 Å². The molecular weight excluding hydrogens is 300 g/mol. The molecule has 1 aliphatic rings. The van der Waals surface area contributed by atoms with Gasteiger partial charge < -0.3 is 10.3 Å². The molecule has 2 N–H and O–H groups in total. The summed E-state index contributed by atoms with van der Waals surface area (Å²) in [7, 11) is -2.99. The topological polar surface area (TPSA) is 79.0 Å². The van der Waals surface area contributed by atoms with Gasteiger partial charge in [-0.1, -0.05) is 26.0 Å². The molecule has 1 atom stereocenters. The summed E-state index contributed by atoms with van der Waals surface area (Å²) in [6.07, 6.45) is 0.492. The Hall–Kier alpha value is -1.82. The molecular formula is C16H20N2O3S. The fraction of sp³-hybridized carbons (Fsp3) is 0.438. The number of nitrogens with one attached hydrogen (secondary N) is 2. The average molecular weight is 320 g/mol. The van der Waals surface area contributed by atoms with Gasteiger partial charge in [-0.2, -0.15) is 0 Å². The molecule has 1 fully saturated rings. The number of sulfone groups is 1. The maximum Gasteiger partial charge on any atom is 0.267 e. The van der Waals surface area contributed by atoms with Gasteiger partial charge in [0.2, 0.25) is 0 Å². The summed E-state index contributed by atoms with van der Waals surface area (Å²) in [5, 5.41) is 3.78. The number of fused-ring (bicyclic) bond motifs is 1. The second-order valence-electron chi connectivity index (χ2n) is 6.26. The minimum Gasteiger partial charge on any atom is -0.351 e. The number of carbonyl (C=O) groups excluding carboxylic acids is 1. The summed E-state index contributed by atoms with van der Waals surface area (Å²) < 4.78 is 22.9. The van der Waals surface area contributed by atoms with E-state index in [-0.39, 0.29) is 23.5 Å². The second kappa shape index (κ2) is 5.43. The minimum absolute atomic E-state index is 0.0382. The summed E-state index contributed by atoms with van der Waals surface area (Å²) in [5.41, 5.74) is 2.61. The number of carbonyl (C=O) groups is 1. The Bertz CT molecular complexity index is 821. The zero-order valence-electron chi connectivity index (χ0n) is 12.7. The Balaban J connectivity index is 1.79. The van der Waals surface area contributed by atoms with Gasteiger partial charge in [0.05, 0.1) is 11.5 Å². The largest absolute Gasteiger partial charge is 0.351 e. The van der Waals surface area contributed by atoms with Crippen molar-refractivity contribution in [2.24, 2.45) is 0 Å². The summed E-state index contributed by atoms with van der Waals surface area (Å²) in [4.78, 5) is 15.4. The van der Waals surface area contributed by atoms with Gasteiger partial charge in [0.15, 0.2) is 9.84 Å². The lowest BCUT2D eigenvalue weighted by molar-refractivity contribution is 0.0937. The summed E-state index contributed by atoms with van der Waals surface area (Å²) in [6.45, 7) is 4.25. The van der Waals surface area contributed by atoms with Gasteiger partial charge in [-0.25, -0.2) is 8.42 Å². The summed E-state index contributed by atoms with van der Waals surface area (Å²) >= 11 is 0. The van der Waals surface area contributed by atoms with Crippen LogP contribution in [0.1, 0.15) is 42.2 Å². The first-order valence-electron chi connectivity index (χ1n) is 7.48. The molecule has 1 saturated heterocycles. The van der Waals surface area contributed by atoms with Crippen molar-refractivity contribution >= 4 is 26.6 Å². The third-order valence-corrected chi connectivity index (χ3v) is 5.89. The first-order chi connectivity index (χ1) is 10.3. The Morgan fingerprint density at radius 2 is 2.09 bits per heavy atom. The molecule has 1 aliphatic heterocycles. The normalized spacial score (nSPS) is 20.6. The van der Waals surface area contributed by atoms with Crippen LogP contribution in [0.4, 0.5) is 0 Å². The van der Waals surface area contributed by atoms with Gasteiger partial charge >= 0.3 is 0 Å². The lowest BCUT2D eigenvalue weighted by Gasteiger charge is -2.09. The Kier molecular flexibility index (Phi) is 3.72. The molecule has 0 aliphatic carbocycles. The number of H-pyrrole nitrogens is 1. The number of rotatable bonds is 3. The average Bonchev–Trinajstić information content (AvgIpc) is 3.00. The molecule has 0 bridgehead atoms. The molecule has 3 rings (SSSR count). The van der Waals surface area contributed by atoms with E-state index in [2.05, 4.69) is 36.3 Å². The zero-order valence-corrected chi connectivity index (χ0v) is 13.5. The molecule has 1 aromatic carbocycles. The Labute approximate surface area is 130 Å². The van der Waals surface area contributed by atoms with Gasteiger partial charge in [-0.3, -0.25) is 4.79 Å². The minimum atomic E-state index is -2.99. The lowest BCUT2D eigenvalue weighted by Crippen LogP contribution is -2.35. The number of aromatic amines is 1. The maximum atomic E-state index is 12.3. The number of benzene rings is 1. The molecule has 1 amide bonds. The van der Waals surface area contributed by atoms with Gasteiger partial charge in [-0.15, -0.1) is 0 Å². The quantitative estimate of drug-likeness (QED) is 0.910. The molecule has 22 heavy (non-hydrogen) atoms. The molecule has 0 radical (unpaired) electrons. The summed E-state index contributed by atoms with van der Waals surface area (Å²) in [5.74, 6) is 0.372. The fourth-order valence-electron chi connectivity index (χ4n) is 2.80. The predicted molar refractivity (Wildman–Crippen MR) is 86.9 cm³/mol. The molecule has 6 heteroatoms. The Morgan fingerprint density at radius 3 is 2.73 bits per heavy atom. The van der Waals surface area contributed by atoms with E-state index in [1.54, 1.807) is 6.07 Å². The standard InChI is InChI=1S/C16H20N2O3S/c1-10(2)11-3-4-12-8-15(18-14(12)7-11)16(19)17-13-5-6-22(20,21)9-13/h3-4,7-8,10,13,18H,5-6,9H2,1-2H3,(H,17,19)/t13-/m0/s1. The maximum absolute atomic E-state index is 12.3. The highest BCUT2D eigenvalue weighted by Gasteiger charge is 2.29. The SMILES string of the molecule is CC(C)c1ccc2cc(C(=O)N[C@H]3CCS(=O)(=O)C3)[nH]c2c1. The number of hydrogen-bond donors (Lipinski definition) is 2. The highest BCUT2D eigenvalue weighted by Crippen LogP contribution is 2.22. The van der Waals surface area contributed by atoms with E-state index >= 15 is 0 Å². The Morgan fingerprint density at radius 1 is 1.32 bits per heavy atom. The number of hydrogen-bond acceptors (Lipinski definition) is 3. The van der Waals surface area contributed by atoms with Crippen LogP contribution in [0.5, 0.6) is 0 Å². The van der Waals surface area contributed by atoms with Gasteiger partial charge in [-0.05, 0) is 30.0 Å². The van der Waals surface area contributed by atoms with Crippen molar-refractivity contribution in [3.8, 4) is 0 Å². The lowest BCUT2D eigenvalue weighted by atomic mass is 10.0. The van der Waals surface area contributed by atoms with Crippen LogP contribution in [0, 0.1) is 0 Å². The highest BCUT2D eigenvalue weighted by atomic mass is 32.2. The second-order valence-corrected chi connectivity index (χ2v) is 8.49. The van der Waals surface area contributed by atoms with Crippen LogP contribution in [0.15, 0.2) is 24.3 Å². The zero-order chi connectivity index (χ0) is 15.9. The van der Waals surface area contributed by atoms with E-state index in [9.17, 15) is 13.2 Å².